The maximum absolute atomic E-state index is 12.9. The fourth-order valence-electron chi connectivity index (χ4n) is 1.27. The lowest BCUT2D eigenvalue weighted by molar-refractivity contribution is 0.136. The van der Waals surface area contributed by atoms with Crippen molar-refractivity contribution in [2.75, 3.05) is 0 Å². The topological polar surface area (TPSA) is 46.0 Å². The van der Waals surface area contributed by atoms with Gasteiger partial charge in [0.1, 0.15) is 5.82 Å². The smallest absolute Gasteiger partial charge is 0.250 e. The van der Waals surface area contributed by atoms with Gasteiger partial charge in [-0.1, -0.05) is 12.1 Å². The molecule has 0 unspecified atom stereocenters. The van der Waals surface area contributed by atoms with Crippen LogP contribution in [-0.4, -0.2) is 21.1 Å². The standard InChI is InChI=1S/C10H7F3N4S/c11-7-3-1-2-6(4-7)5-14-17-9(8(12)13)15-16-10(17)18/h1-5,8H,(H,16,18)/b14-5-. The second kappa shape index (κ2) is 5.13. The largest absolute Gasteiger partial charge is 0.299 e. The molecule has 1 aromatic heterocycles. The predicted molar refractivity (Wildman–Crippen MR) is 61.8 cm³/mol. The Morgan fingerprint density at radius 1 is 1.44 bits per heavy atom. The number of H-pyrrole nitrogens is 1. The van der Waals surface area contributed by atoms with E-state index in [1.807, 2.05) is 0 Å². The van der Waals surface area contributed by atoms with Gasteiger partial charge in [0.05, 0.1) is 6.21 Å². The van der Waals surface area contributed by atoms with E-state index in [2.05, 4.69) is 15.3 Å². The monoisotopic (exact) mass is 272 g/mol. The zero-order valence-electron chi connectivity index (χ0n) is 8.85. The van der Waals surface area contributed by atoms with Gasteiger partial charge in [-0.15, -0.1) is 0 Å². The lowest BCUT2D eigenvalue weighted by Crippen LogP contribution is -1.99. The van der Waals surface area contributed by atoms with E-state index in [4.69, 9.17) is 12.2 Å². The third kappa shape index (κ3) is 2.65. The van der Waals surface area contributed by atoms with Crippen LogP contribution in [0.3, 0.4) is 0 Å². The number of nitrogens with zero attached hydrogens (tertiary/aromatic N) is 3. The van der Waals surface area contributed by atoms with Crippen molar-refractivity contribution >= 4 is 18.4 Å². The molecule has 0 aliphatic heterocycles. The molecule has 8 heteroatoms. The van der Waals surface area contributed by atoms with Crippen LogP contribution in [0.4, 0.5) is 13.2 Å². The van der Waals surface area contributed by atoms with Crippen molar-refractivity contribution < 1.29 is 13.2 Å². The first-order chi connectivity index (χ1) is 8.58. The SMILES string of the molecule is Fc1cccc(/C=N\n2c(C(F)F)n[nH]c2=S)c1. The van der Waals surface area contributed by atoms with Crippen LogP contribution < -0.4 is 0 Å². The number of benzene rings is 1. The van der Waals surface area contributed by atoms with Gasteiger partial charge in [0.25, 0.3) is 6.43 Å². The lowest BCUT2D eigenvalue weighted by Gasteiger charge is -1.98. The van der Waals surface area contributed by atoms with Crippen LogP contribution in [0.1, 0.15) is 17.8 Å². The zero-order valence-corrected chi connectivity index (χ0v) is 9.66. The van der Waals surface area contributed by atoms with E-state index < -0.39 is 18.1 Å². The molecule has 94 valence electrons. The minimum Gasteiger partial charge on any atom is -0.250 e. The van der Waals surface area contributed by atoms with Gasteiger partial charge in [-0.2, -0.15) is 14.9 Å². The van der Waals surface area contributed by atoms with Gasteiger partial charge in [0.15, 0.2) is 0 Å². The van der Waals surface area contributed by atoms with E-state index in [0.717, 1.165) is 4.68 Å². The van der Waals surface area contributed by atoms with Crippen LogP contribution in [0.5, 0.6) is 0 Å². The Morgan fingerprint density at radius 2 is 2.22 bits per heavy atom. The maximum Gasteiger partial charge on any atom is 0.299 e. The van der Waals surface area contributed by atoms with Crippen molar-refractivity contribution in [1.29, 1.82) is 0 Å². The molecular formula is C10H7F3N4S. The van der Waals surface area contributed by atoms with E-state index in [9.17, 15) is 13.2 Å². The van der Waals surface area contributed by atoms with E-state index in [1.54, 1.807) is 6.07 Å². The number of nitrogens with one attached hydrogen (secondary N) is 1. The summed E-state index contributed by atoms with van der Waals surface area (Å²) in [6.45, 7) is 0. The van der Waals surface area contributed by atoms with E-state index in [-0.39, 0.29) is 4.77 Å². The molecule has 1 heterocycles. The molecular weight excluding hydrogens is 265 g/mol. The molecule has 0 saturated carbocycles. The number of hydrogen-bond acceptors (Lipinski definition) is 3. The quantitative estimate of drug-likeness (QED) is 0.689. The first-order valence-electron chi connectivity index (χ1n) is 4.83. The van der Waals surface area contributed by atoms with Crippen LogP contribution in [0, 0.1) is 10.6 Å². The first-order valence-corrected chi connectivity index (χ1v) is 5.24. The minimum absolute atomic E-state index is 0.0575. The van der Waals surface area contributed by atoms with Crippen LogP contribution in [0.2, 0.25) is 0 Å². The van der Waals surface area contributed by atoms with Crippen molar-refractivity contribution in [2.24, 2.45) is 5.10 Å². The van der Waals surface area contributed by atoms with Gasteiger partial charge in [-0.05, 0) is 29.9 Å². The fraction of sp³-hybridized carbons (Fsp3) is 0.100. The molecule has 0 spiro atoms. The summed E-state index contributed by atoms with van der Waals surface area (Å²) in [6, 6.07) is 5.55. The Balaban J connectivity index is 2.34. The van der Waals surface area contributed by atoms with E-state index >= 15 is 0 Å². The van der Waals surface area contributed by atoms with Crippen LogP contribution in [-0.2, 0) is 0 Å². The lowest BCUT2D eigenvalue weighted by atomic mass is 10.2. The van der Waals surface area contributed by atoms with Crippen LogP contribution in [0.15, 0.2) is 29.4 Å². The molecule has 0 bridgehead atoms. The van der Waals surface area contributed by atoms with Gasteiger partial charge in [0, 0.05) is 0 Å². The van der Waals surface area contributed by atoms with Crippen molar-refractivity contribution in [3.63, 3.8) is 0 Å². The van der Waals surface area contributed by atoms with Gasteiger partial charge in [-0.3, -0.25) is 0 Å². The molecule has 0 atom stereocenters. The maximum atomic E-state index is 12.9. The first kappa shape index (κ1) is 12.5. The van der Waals surface area contributed by atoms with Crippen molar-refractivity contribution in [3.05, 3.63) is 46.2 Å². The summed E-state index contributed by atoms with van der Waals surface area (Å²) in [6.07, 6.45) is -1.58. The Morgan fingerprint density at radius 3 is 2.89 bits per heavy atom. The molecule has 2 aromatic rings. The molecule has 0 amide bonds. The van der Waals surface area contributed by atoms with E-state index in [1.165, 1.54) is 24.4 Å². The second-order valence-electron chi connectivity index (χ2n) is 3.30. The Labute approximate surface area is 105 Å². The van der Waals surface area contributed by atoms with Gasteiger partial charge < -0.3 is 0 Å². The molecule has 0 aliphatic carbocycles. The molecule has 18 heavy (non-hydrogen) atoms. The summed E-state index contributed by atoms with van der Waals surface area (Å²) in [5, 5.41) is 9.31. The minimum atomic E-state index is -2.80. The number of aromatic nitrogens is 3. The van der Waals surface area contributed by atoms with Crippen molar-refractivity contribution in [1.82, 2.24) is 14.9 Å². The third-order valence-corrected chi connectivity index (χ3v) is 2.31. The average Bonchev–Trinajstić information content (AvgIpc) is 2.68. The Kier molecular flexibility index (Phi) is 3.56. The Bertz CT molecular complexity index is 632. The molecule has 2 rings (SSSR count). The fourth-order valence-corrected chi connectivity index (χ4v) is 1.45. The van der Waals surface area contributed by atoms with Gasteiger partial charge in [-0.25, -0.2) is 18.3 Å². The highest BCUT2D eigenvalue weighted by Crippen LogP contribution is 2.15. The molecule has 0 saturated heterocycles. The van der Waals surface area contributed by atoms with Crippen LogP contribution >= 0.6 is 12.2 Å². The summed E-state index contributed by atoms with van der Waals surface area (Å²) in [4.78, 5) is 0. The number of aromatic amines is 1. The number of rotatable bonds is 3. The zero-order chi connectivity index (χ0) is 13.1. The highest BCUT2D eigenvalue weighted by Gasteiger charge is 2.15. The summed E-state index contributed by atoms with van der Waals surface area (Å²) in [5.41, 5.74) is 0.429. The molecule has 4 nitrogen and oxygen atoms in total. The summed E-state index contributed by atoms with van der Waals surface area (Å²) in [5.74, 6) is -1.03. The molecule has 0 radical (unpaired) electrons. The van der Waals surface area contributed by atoms with E-state index in [0.29, 0.717) is 5.56 Å². The summed E-state index contributed by atoms with van der Waals surface area (Å²) >= 11 is 4.76. The average molecular weight is 272 g/mol. The Hall–Kier alpha value is -1.96. The third-order valence-electron chi connectivity index (χ3n) is 2.04. The summed E-state index contributed by atoms with van der Waals surface area (Å²) in [7, 11) is 0. The number of alkyl halides is 2. The highest BCUT2D eigenvalue weighted by molar-refractivity contribution is 7.71. The number of hydrogen-bond donors (Lipinski definition) is 1. The van der Waals surface area contributed by atoms with Crippen LogP contribution in [0.25, 0.3) is 0 Å². The molecule has 1 N–H and O–H groups in total. The molecule has 0 aliphatic rings. The van der Waals surface area contributed by atoms with Gasteiger partial charge >= 0.3 is 0 Å². The predicted octanol–water partition coefficient (Wildman–Crippen LogP) is 2.90. The molecule has 0 fully saturated rings. The van der Waals surface area contributed by atoms with Gasteiger partial charge in [0.2, 0.25) is 10.6 Å². The second-order valence-corrected chi connectivity index (χ2v) is 3.69. The van der Waals surface area contributed by atoms with Crippen molar-refractivity contribution in [2.45, 2.75) is 6.43 Å². The number of halogens is 3. The normalized spacial score (nSPS) is 11.6. The molecule has 1 aromatic carbocycles. The van der Waals surface area contributed by atoms with Crippen molar-refractivity contribution in [3.8, 4) is 0 Å². The summed E-state index contributed by atoms with van der Waals surface area (Å²) < 4.78 is 38.7. The highest BCUT2D eigenvalue weighted by atomic mass is 32.1.